The second kappa shape index (κ2) is 6.01. The van der Waals surface area contributed by atoms with Crippen LogP contribution in [0.25, 0.3) is 16.6 Å². The second-order valence-corrected chi connectivity index (χ2v) is 6.20. The van der Waals surface area contributed by atoms with Crippen molar-refractivity contribution in [1.29, 1.82) is 0 Å². The monoisotopic (exact) mass is 303 g/mol. The van der Waals surface area contributed by atoms with Gasteiger partial charge in [0.2, 0.25) is 0 Å². The highest BCUT2D eigenvalue weighted by Gasteiger charge is 2.23. The van der Waals surface area contributed by atoms with Crippen molar-refractivity contribution in [3.8, 4) is 0 Å². The van der Waals surface area contributed by atoms with Crippen LogP contribution < -0.4 is 5.32 Å². The molecule has 1 aliphatic rings. The number of nitrogens with zero attached hydrogens (tertiary/aromatic N) is 2. The van der Waals surface area contributed by atoms with Crippen LogP contribution in [-0.4, -0.2) is 22.1 Å². The number of fused-ring (bicyclic) bond motifs is 1. The number of imidazole rings is 1. The van der Waals surface area contributed by atoms with E-state index in [1.54, 1.807) is 0 Å². The predicted octanol–water partition coefficient (Wildman–Crippen LogP) is 4.04. The zero-order valence-electron chi connectivity index (χ0n) is 13.3. The zero-order valence-corrected chi connectivity index (χ0v) is 13.3. The fraction of sp³-hybridized carbons (Fsp3) is 0.250. The largest absolute Gasteiger partial charge is 0.326 e. The van der Waals surface area contributed by atoms with Crippen molar-refractivity contribution >= 4 is 16.6 Å². The zero-order chi connectivity index (χ0) is 15.6. The van der Waals surface area contributed by atoms with Crippen molar-refractivity contribution < 1.29 is 0 Å². The number of para-hydroxylation sites is 2. The van der Waals surface area contributed by atoms with Gasteiger partial charge in [-0.25, -0.2) is 4.98 Å². The molecule has 0 amide bonds. The van der Waals surface area contributed by atoms with Crippen molar-refractivity contribution in [3.05, 3.63) is 72.6 Å². The summed E-state index contributed by atoms with van der Waals surface area (Å²) in [6.07, 6.45) is 5.32. The van der Waals surface area contributed by atoms with Crippen molar-refractivity contribution in [2.24, 2.45) is 0 Å². The summed E-state index contributed by atoms with van der Waals surface area (Å²) < 4.78 is 2.29. The van der Waals surface area contributed by atoms with Gasteiger partial charge in [0.05, 0.1) is 17.4 Å². The highest BCUT2D eigenvalue weighted by atomic mass is 15.1. The van der Waals surface area contributed by atoms with Gasteiger partial charge in [-0.1, -0.05) is 48.5 Å². The molecule has 116 valence electrons. The molecule has 3 nitrogen and oxygen atoms in total. The molecule has 2 aromatic carbocycles. The first kappa shape index (κ1) is 14.2. The molecular weight excluding hydrogens is 282 g/mol. The number of hydrogen-bond donors (Lipinski definition) is 1. The summed E-state index contributed by atoms with van der Waals surface area (Å²) in [4.78, 5) is 4.53. The Bertz CT molecular complexity index is 832. The smallest absolute Gasteiger partial charge is 0.0961 e. The molecule has 0 spiro atoms. The Balaban J connectivity index is 1.60. The molecule has 3 heteroatoms. The predicted molar refractivity (Wildman–Crippen MR) is 95.3 cm³/mol. The quantitative estimate of drug-likeness (QED) is 0.791. The summed E-state index contributed by atoms with van der Waals surface area (Å²) in [5, 5.41) is 3.65. The Morgan fingerprint density at radius 2 is 1.87 bits per heavy atom. The Kier molecular flexibility index (Phi) is 3.72. The second-order valence-electron chi connectivity index (χ2n) is 6.20. The molecule has 2 unspecified atom stereocenters. The van der Waals surface area contributed by atoms with Crippen molar-refractivity contribution in [2.45, 2.75) is 25.4 Å². The van der Waals surface area contributed by atoms with Crippen LogP contribution in [0, 0.1) is 0 Å². The molecule has 0 saturated heterocycles. The lowest BCUT2D eigenvalue weighted by molar-refractivity contribution is 0.385. The first-order valence-corrected chi connectivity index (χ1v) is 8.22. The highest BCUT2D eigenvalue weighted by molar-refractivity contribution is 5.75. The molecule has 1 aromatic heterocycles. The molecule has 4 rings (SSSR count). The van der Waals surface area contributed by atoms with E-state index in [-0.39, 0.29) is 0 Å². The van der Waals surface area contributed by atoms with Gasteiger partial charge < -0.3 is 9.88 Å². The van der Waals surface area contributed by atoms with E-state index in [1.807, 2.05) is 12.4 Å². The molecule has 2 atom stereocenters. The van der Waals surface area contributed by atoms with Gasteiger partial charge in [0.15, 0.2) is 0 Å². The molecule has 0 bridgehead atoms. The molecule has 23 heavy (non-hydrogen) atoms. The Morgan fingerprint density at radius 1 is 1.09 bits per heavy atom. The van der Waals surface area contributed by atoms with Crippen LogP contribution in [0.15, 0.2) is 67.0 Å². The fourth-order valence-corrected chi connectivity index (χ4v) is 3.45. The van der Waals surface area contributed by atoms with Gasteiger partial charge in [0.25, 0.3) is 0 Å². The van der Waals surface area contributed by atoms with E-state index in [0.717, 1.165) is 18.5 Å². The molecule has 3 aromatic rings. The van der Waals surface area contributed by atoms with Gasteiger partial charge in [0.1, 0.15) is 0 Å². The van der Waals surface area contributed by atoms with Crippen LogP contribution in [0.2, 0.25) is 0 Å². The molecule has 1 N–H and O–H groups in total. The summed E-state index contributed by atoms with van der Waals surface area (Å²) in [6, 6.07) is 19.8. The minimum atomic E-state index is 0.356. The van der Waals surface area contributed by atoms with Gasteiger partial charge in [-0.15, -0.1) is 0 Å². The van der Waals surface area contributed by atoms with Gasteiger partial charge >= 0.3 is 0 Å². The van der Waals surface area contributed by atoms with Crippen molar-refractivity contribution in [2.75, 3.05) is 6.54 Å². The third-order valence-electron chi connectivity index (χ3n) is 4.82. The maximum absolute atomic E-state index is 4.53. The van der Waals surface area contributed by atoms with E-state index >= 15 is 0 Å². The van der Waals surface area contributed by atoms with E-state index < -0.39 is 0 Å². The van der Waals surface area contributed by atoms with Crippen LogP contribution in [-0.2, 0) is 0 Å². The summed E-state index contributed by atoms with van der Waals surface area (Å²) in [6.45, 7) is 3.20. The highest BCUT2D eigenvalue weighted by Crippen LogP contribution is 2.28. The van der Waals surface area contributed by atoms with E-state index in [4.69, 9.17) is 0 Å². The van der Waals surface area contributed by atoms with Gasteiger partial charge in [-0.2, -0.15) is 0 Å². The molecule has 0 fully saturated rings. The van der Waals surface area contributed by atoms with Gasteiger partial charge in [-0.05, 0) is 36.6 Å². The van der Waals surface area contributed by atoms with Crippen LogP contribution in [0.5, 0.6) is 0 Å². The SMILES string of the molecule is CC(C1CC(c2ccccc2)=CCN1)n1cnc2ccccc21. The van der Waals surface area contributed by atoms with E-state index in [0.29, 0.717) is 12.1 Å². The maximum Gasteiger partial charge on any atom is 0.0961 e. The lowest BCUT2D eigenvalue weighted by atomic mass is 9.92. The van der Waals surface area contributed by atoms with Crippen LogP contribution in [0.4, 0.5) is 0 Å². The summed E-state index contributed by atoms with van der Waals surface area (Å²) in [5.74, 6) is 0. The lowest BCUT2D eigenvalue weighted by Gasteiger charge is -2.30. The molecule has 0 radical (unpaired) electrons. The van der Waals surface area contributed by atoms with Crippen molar-refractivity contribution in [1.82, 2.24) is 14.9 Å². The first-order valence-electron chi connectivity index (χ1n) is 8.22. The molecular formula is C20H21N3. The topological polar surface area (TPSA) is 29.9 Å². The summed E-state index contributed by atoms with van der Waals surface area (Å²) in [7, 11) is 0. The molecule has 0 aliphatic carbocycles. The minimum Gasteiger partial charge on any atom is -0.326 e. The average molecular weight is 303 g/mol. The van der Waals surface area contributed by atoms with Crippen LogP contribution >= 0.6 is 0 Å². The number of hydrogen-bond acceptors (Lipinski definition) is 2. The lowest BCUT2D eigenvalue weighted by Crippen LogP contribution is -2.39. The van der Waals surface area contributed by atoms with Crippen LogP contribution in [0.1, 0.15) is 24.9 Å². The molecule has 2 heterocycles. The van der Waals surface area contributed by atoms with E-state index in [1.165, 1.54) is 16.7 Å². The first-order chi connectivity index (χ1) is 11.3. The van der Waals surface area contributed by atoms with Crippen molar-refractivity contribution in [3.63, 3.8) is 0 Å². The normalized spacial score (nSPS) is 19.5. The third-order valence-corrected chi connectivity index (χ3v) is 4.82. The maximum atomic E-state index is 4.53. The van der Waals surface area contributed by atoms with Gasteiger partial charge in [0, 0.05) is 18.6 Å². The summed E-state index contributed by atoms with van der Waals surface area (Å²) >= 11 is 0. The summed E-state index contributed by atoms with van der Waals surface area (Å²) in [5.41, 5.74) is 5.04. The number of aromatic nitrogens is 2. The van der Waals surface area contributed by atoms with E-state index in [2.05, 4.69) is 76.4 Å². The standard InChI is InChI=1S/C20H21N3/c1-15(23-14-22-18-9-5-6-10-20(18)23)19-13-17(11-12-21-19)16-7-3-2-4-8-16/h2-11,14-15,19,21H,12-13H2,1H3. The van der Waals surface area contributed by atoms with Crippen LogP contribution in [0.3, 0.4) is 0 Å². The average Bonchev–Trinajstić information content (AvgIpc) is 3.06. The molecule has 1 aliphatic heterocycles. The third kappa shape index (κ3) is 2.68. The Hall–Kier alpha value is -2.39. The number of rotatable bonds is 3. The van der Waals surface area contributed by atoms with Gasteiger partial charge in [-0.3, -0.25) is 0 Å². The fourth-order valence-electron chi connectivity index (χ4n) is 3.45. The number of benzene rings is 2. The number of nitrogens with one attached hydrogen (secondary N) is 1. The van der Waals surface area contributed by atoms with E-state index in [9.17, 15) is 0 Å². The Labute approximate surface area is 136 Å². The molecule has 0 saturated carbocycles. The Morgan fingerprint density at radius 3 is 2.74 bits per heavy atom. The minimum absolute atomic E-state index is 0.356.